The average molecular weight is 619 g/mol. The molecule has 0 heterocycles. The molecule has 41 heavy (non-hydrogen) atoms. The van der Waals surface area contributed by atoms with Gasteiger partial charge in [0, 0.05) is 16.0 Å². The van der Waals surface area contributed by atoms with Gasteiger partial charge in [0.25, 0.3) is 10.1 Å². The van der Waals surface area contributed by atoms with E-state index in [-0.39, 0.29) is 16.7 Å². The quantitative estimate of drug-likeness (QED) is 0.0652. The normalized spacial score (nSPS) is 11.8. The Bertz CT molecular complexity index is 1880. The van der Waals surface area contributed by atoms with Crippen LogP contribution in [0.3, 0.4) is 0 Å². The van der Waals surface area contributed by atoms with Crippen molar-refractivity contribution in [2.45, 2.75) is 19.6 Å². The summed E-state index contributed by atoms with van der Waals surface area (Å²) in [5, 5.41) is 32.5. The van der Waals surface area contributed by atoms with Crippen LogP contribution in [-0.4, -0.2) is 48.4 Å². The van der Waals surface area contributed by atoms with E-state index in [0.717, 1.165) is 48.5 Å². The highest BCUT2D eigenvalue weighted by Gasteiger charge is 2.25. The number of phenolic OH excluding ortho intramolecular Hbond substituents is 2. The summed E-state index contributed by atoms with van der Waals surface area (Å²) in [7, 11) is -9.07. The van der Waals surface area contributed by atoms with Crippen molar-refractivity contribution >= 4 is 43.6 Å². The predicted molar refractivity (Wildman–Crippen MR) is 142 cm³/mol. The first-order chi connectivity index (χ1) is 19.3. The topological polar surface area (TPSA) is 202 Å². The Morgan fingerprint density at radius 3 is 1.68 bits per heavy atom. The van der Waals surface area contributed by atoms with Crippen molar-refractivity contribution in [3.63, 3.8) is 0 Å². The molecule has 4 N–H and O–H groups in total. The third kappa shape index (κ3) is 6.47. The van der Waals surface area contributed by atoms with Gasteiger partial charge >= 0.3 is 0 Å². The van der Waals surface area contributed by atoms with Gasteiger partial charge in [-0.15, -0.1) is 4.33 Å². The lowest BCUT2D eigenvalue weighted by atomic mass is 10.0. The van der Waals surface area contributed by atoms with Crippen molar-refractivity contribution in [1.29, 1.82) is 0 Å². The molecule has 0 bridgehead atoms. The van der Waals surface area contributed by atoms with Gasteiger partial charge in [-0.2, -0.15) is 8.42 Å². The first-order valence-electron chi connectivity index (χ1n) is 11.2. The number of hydrogen-bond acceptors (Lipinski definition) is 12. The molecule has 0 amide bonds. The lowest BCUT2D eigenvalue weighted by Crippen LogP contribution is -2.09. The molecule has 0 unspecified atom stereocenters. The molecule has 4 aromatic carbocycles. The lowest BCUT2D eigenvalue weighted by Gasteiger charge is -2.11. The number of carbonyl (C=O) groups excluding carboxylic acids is 2. The van der Waals surface area contributed by atoms with Crippen molar-refractivity contribution in [3.8, 4) is 11.5 Å². The highest BCUT2D eigenvalue weighted by atomic mass is 32.2. The van der Waals surface area contributed by atoms with E-state index in [1.54, 1.807) is 0 Å². The van der Waals surface area contributed by atoms with Crippen LogP contribution in [0.25, 0.3) is 0 Å². The molecule has 4 rings (SSSR count). The molecular formula is C26H18O12S3. The summed E-state index contributed by atoms with van der Waals surface area (Å²) in [6, 6.07) is 15.9. The van der Waals surface area contributed by atoms with E-state index in [2.05, 4.69) is 9.37 Å². The molecule has 0 spiro atoms. The highest BCUT2D eigenvalue weighted by molar-refractivity contribution is 7.94. The Morgan fingerprint density at radius 1 is 0.659 bits per heavy atom. The third-order valence-electron chi connectivity index (χ3n) is 5.70. The minimum Gasteiger partial charge on any atom is -0.507 e. The second-order valence-electron chi connectivity index (χ2n) is 8.28. The van der Waals surface area contributed by atoms with Crippen molar-refractivity contribution in [3.05, 3.63) is 107 Å². The van der Waals surface area contributed by atoms with Crippen LogP contribution >= 0.6 is 12.0 Å². The van der Waals surface area contributed by atoms with Crippen LogP contribution in [0.15, 0.2) is 105 Å². The van der Waals surface area contributed by atoms with Gasteiger partial charge in [0.1, 0.15) is 11.5 Å². The summed E-state index contributed by atoms with van der Waals surface area (Å²) >= 11 is 0.588. The molecule has 0 aliphatic heterocycles. The number of benzene rings is 4. The highest BCUT2D eigenvalue weighted by Crippen LogP contribution is 2.32. The van der Waals surface area contributed by atoms with E-state index >= 15 is 0 Å². The average Bonchev–Trinajstić information content (AvgIpc) is 2.95. The van der Waals surface area contributed by atoms with Gasteiger partial charge in [0.2, 0.25) is 9.84 Å². The van der Waals surface area contributed by atoms with Crippen molar-refractivity contribution in [2.24, 2.45) is 0 Å². The standard InChI is InChI=1S/C26H18O12S3/c27-23-9-7-18(13-21(23)25(29)15-3-1-5-17(11-15)39-38-37-31)40(32,33)19-8-10-24(28)22(14-19)26(30)16-4-2-6-20(12-16)41(34,35)36/h1-14,27-28,31H,(H,34,35,36). The Balaban J connectivity index is 1.72. The maximum absolute atomic E-state index is 13.5. The molecule has 0 aromatic heterocycles. The van der Waals surface area contributed by atoms with E-state index in [0.29, 0.717) is 16.9 Å². The fourth-order valence-corrected chi connectivity index (χ4v) is 5.97. The van der Waals surface area contributed by atoms with E-state index < -0.39 is 63.3 Å². The third-order valence-corrected chi connectivity index (χ3v) is 8.87. The summed E-state index contributed by atoms with van der Waals surface area (Å²) in [5.74, 6) is -2.78. The van der Waals surface area contributed by atoms with Crippen LogP contribution in [0, 0.1) is 0 Å². The molecule has 0 radical (unpaired) electrons. The van der Waals surface area contributed by atoms with Gasteiger partial charge in [-0.3, -0.25) is 14.1 Å². The molecule has 0 fully saturated rings. The summed E-state index contributed by atoms with van der Waals surface area (Å²) in [5.41, 5.74) is -1.04. The van der Waals surface area contributed by atoms with Gasteiger partial charge in [0.05, 0.1) is 37.9 Å². The molecule has 12 nitrogen and oxygen atoms in total. The minimum absolute atomic E-state index is 0.0472. The number of phenols is 2. The van der Waals surface area contributed by atoms with Crippen LogP contribution in [-0.2, 0) is 29.3 Å². The number of aromatic hydroxyl groups is 2. The van der Waals surface area contributed by atoms with Crippen LogP contribution in [0.4, 0.5) is 0 Å². The number of carbonyl (C=O) groups is 2. The number of sulfone groups is 1. The van der Waals surface area contributed by atoms with Crippen LogP contribution in [0.1, 0.15) is 31.8 Å². The van der Waals surface area contributed by atoms with E-state index in [9.17, 15) is 41.2 Å². The van der Waals surface area contributed by atoms with E-state index in [1.165, 1.54) is 36.4 Å². The molecule has 0 saturated heterocycles. The van der Waals surface area contributed by atoms with Crippen LogP contribution in [0.2, 0.25) is 0 Å². The van der Waals surface area contributed by atoms with Gasteiger partial charge < -0.3 is 10.2 Å². The largest absolute Gasteiger partial charge is 0.507 e. The van der Waals surface area contributed by atoms with Gasteiger partial charge in [-0.05, 0) is 60.7 Å². The number of hydrogen-bond donors (Lipinski definition) is 4. The summed E-state index contributed by atoms with van der Waals surface area (Å²) < 4.78 is 63.5. The van der Waals surface area contributed by atoms with Crippen molar-refractivity contribution < 1.29 is 55.8 Å². The number of rotatable bonds is 10. The molecule has 0 atom stereocenters. The summed E-state index contributed by atoms with van der Waals surface area (Å²) in [6.07, 6.45) is 0. The van der Waals surface area contributed by atoms with Gasteiger partial charge in [-0.25, -0.2) is 13.7 Å². The second-order valence-corrected chi connectivity index (χ2v) is 12.4. The molecule has 0 aliphatic rings. The van der Waals surface area contributed by atoms with Gasteiger partial charge in [0.15, 0.2) is 11.6 Å². The van der Waals surface area contributed by atoms with E-state index in [4.69, 9.17) is 5.26 Å². The molecule has 0 saturated carbocycles. The SMILES string of the molecule is O=C(c1cccc(SOOO)c1)c1cc(S(=O)(=O)c2ccc(O)c(C(=O)c3cccc(S(=O)(=O)O)c3)c2)ccc1O. The molecule has 0 aliphatic carbocycles. The van der Waals surface area contributed by atoms with Crippen LogP contribution in [0.5, 0.6) is 11.5 Å². The Labute approximate surface area is 237 Å². The number of ketones is 2. The molecule has 212 valence electrons. The second kappa shape index (κ2) is 11.8. The van der Waals surface area contributed by atoms with Crippen molar-refractivity contribution in [2.75, 3.05) is 0 Å². The first-order valence-corrected chi connectivity index (χ1v) is 14.8. The Hall–Kier alpha value is -4.09. The summed E-state index contributed by atoms with van der Waals surface area (Å²) in [6.45, 7) is 0. The monoisotopic (exact) mass is 618 g/mol. The van der Waals surface area contributed by atoms with E-state index in [1.807, 2.05) is 0 Å². The zero-order valence-electron chi connectivity index (χ0n) is 20.4. The smallest absolute Gasteiger partial charge is 0.294 e. The fraction of sp³-hybridized carbons (Fsp3) is 0. The lowest BCUT2D eigenvalue weighted by molar-refractivity contribution is -0.432. The first kappa shape index (κ1) is 29.9. The maximum atomic E-state index is 13.5. The fourth-order valence-electron chi connectivity index (χ4n) is 3.72. The van der Waals surface area contributed by atoms with Gasteiger partial charge in [-0.1, -0.05) is 29.3 Å². The molecule has 15 heteroatoms. The Kier molecular flexibility index (Phi) is 8.60. The zero-order chi connectivity index (χ0) is 29.9. The Morgan fingerprint density at radius 2 is 1.17 bits per heavy atom. The van der Waals surface area contributed by atoms with Crippen LogP contribution < -0.4 is 0 Å². The minimum atomic E-state index is -4.64. The predicted octanol–water partition coefficient (Wildman–Crippen LogP) is 4.07. The maximum Gasteiger partial charge on any atom is 0.294 e. The summed E-state index contributed by atoms with van der Waals surface area (Å²) in [4.78, 5) is 25.1. The molecule has 4 aromatic rings. The molecular weight excluding hydrogens is 600 g/mol. The van der Waals surface area contributed by atoms with Crippen molar-refractivity contribution in [1.82, 2.24) is 0 Å². The zero-order valence-corrected chi connectivity index (χ0v) is 22.8.